The van der Waals surface area contributed by atoms with Crippen LogP contribution in [0.1, 0.15) is 43.5 Å². The van der Waals surface area contributed by atoms with Crippen LogP contribution in [-0.2, 0) is 6.54 Å². The Kier molecular flexibility index (Phi) is 7.05. The lowest BCUT2D eigenvalue weighted by Crippen LogP contribution is -2.48. The third-order valence-corrected chi connectivity index (χ3v) is 6.74. The van der Waals surface area contributed by atoms with E-state index in [9.17, 15) is 5.11 Å². The molecule has 3 aromatic rings. The van der Waals surface area contributed by atoms with Crippen molar-refractivity contribution in [1.82, 2.24) is 15.1 Å². The highest BCUT2D eigenvalue weighted by Gasteiger charge is 2.28. The summed E-state index contributed by atoms with van der Waals surface area (Å²) in [5.41, 5.74) is 2.83. The number of hydrogen-bond donors (Lipinski definition) is 2. The van der Waals surface area contributed by atoms with Crippen LogP contribution in [0, 0.1) is 25.3 Å². The largest absolute Gasteiger partial charge is 0.393 e. The van der Waals surface area contributed by atoms with Gasteiger partial charge in [0.05, 0.1) is 18.2 Å². The molecule has 1 fully saturated rings. The number of benzene rings is 2. The SMILES string of the molecule is [C-]#[N+]c1ccc2c(C#CC(C)(C)N3CCC(O)CC3)nnc(NCc3ccc(C)c(Cl)c3)c2c1. The van der Waals surface area contributed by atoms with E-state index >= 15 is 0 Å². The van der Waals surface area contributed by atoms with E-state index < -0.39 is 0 Å². The summed E-state index contributed by atoms with van der Waals surface area (Å²) in [7, 11) is 0. The van der Waals surface area contributed by atoms with Crippen LogP contribution in [0.4, 0.5) is 11.5 Å². The summed E-state index contributed by atoms with van der Waals surface area (Å²) >= 11 is 6.27. The molecule has 174 valence electrons. The van der Waals surface area contributed by atoms with Crippen molar-refractivity contribution in [2.75, 3.05) is 18.4 Å². The first-order valence-electron chi connectivity index (χ1n) is 11.4. The number of piperidine rings is 1. The molecule has 34 heavy (non-hydrogen) atoms. The number of likely N-dealkylation sites (tertiary alicyclic amines) is 1. The van der Waals surface area contributed by atoms with Gasteiger partial charge in [-0.2, -0.15) is 0 Å². The molecule has 0 radical (unpaired) electrons. The zero-order valence-electron chi connectivity index (χ0n) is 19.7. The van der Waals surface area contributed by atoms with Crippen LogP contribution < -0.4 is 5.32 Å². The lowest BCUT2D eigenvalue weighted by Gasteiger charge is -2.38. The van der Waals surface area contributed by atoms with E-state index in [1.807, 2.05) is 37.3 Å². The lowest BCUT2D eigenvalue weighted by molar-refractivity contribution is 0.0508. The number of aryl methyl sites for hydroxylation is 1. The number of nitrogens with one attached hydrogen (secondary N) is 1. The summed E-state index contributed by atoms with van der Waals surface area (Å²) in [6.07, 6.45) is 1.31. The van der Waals surface area contributed by atoms with Gasteiger partial charge in [-0.3, -0.25) is 4.90 Å². The first-order chi connectivity index (χ1) is 16.3. The molecule has 1 aliphatic heterocycles. The van der Waals surface area contributed by atoms with Crippen LogP contribution in [0.25, 0.3) is 15.6 Å². The minimum absolute atomic E-state index is 0.220. The van der Waals surface area contributed by atoms with E-state index in [1.54, 1.807) is 6.07 Å². The van der Waals surface area contributed by atoms with E-state index in [0.717, 1.165) is 52.9 Å². The highest BCUT2D eigenvalue weighted by atomic mass is 35.5. The predicted molar refractivity (Wildman–Crippen MR) is 137 cm³/mol. The molecular weight excluding hydrogens is 446 g/mol. The monoisotopic (exact) mass is 473 g/mol. The first kappa shape index (κ1) is 24.0. The van der Waals surface area contributed by atoms with Gasteiger partial charge in [-0.1, -0.05) is 41.8 Å². The van der Waals surface area contributed by atoms with Gasteiger partial charge < -0.3 is 10.4 Å². The molecule has 0 amide bonds. The molecule has 0 unspecified atom stereocenters. The minimum Gasteiger partial charge on any atom is -0.393 e. The van der Waals surface area contributed by atoms with Gasteiger partial charge in [0.2, 0.25) is 0 Å². The molecule has 6 nitrogen and oxygen atoms in total. The number of halogens is 1. The molecule has 1 aromatic heterocycles. The standard InChI is InChI=1S/C27H28ClN5O/c1-18-5-6-19(15-24(18)28)17-30-26-23-16-20(29-4)7-8-22(23)25(31-32-26)9-12-27(2,3)33-13-10-21(34)11-14-33/h5-8,15-16,21,34H,10-11,13-14,17H2,1-3H3,(H,30,32). The topological polar surface area (TPSA) is 65.6 Å². The number of aliphatic hydroxyl groups is 1. The van der Waals surface area contributed by atoms with Crippen LogP contribution in [0.5, 0.6) is 0 Å². The number of aliphatic hydroxyl groups excluding tert-OH is 1. The van der Waals surface area contributed by atoms with Crippen LogP contribution in [0.3, 0.4) is 0 Å². The molecule has 2 heterocycles. The van der Waals surface area contributed by atoms with Crippen molar-refractivity contribution in [3.05, 3.63) is 69.7 Å². The molecule has 0 saturated carbocycles. The Balaban J connectivity index is 1.64. The van der Waals surface area contributed by atoms with Gasteiger partial charge in [-0.25, -0.2) is 4.85 Å². The Bertz CT molecular complexity index is 1310. The van der Waals surface area contributed by atoms with E-state index in [4.69, 9.17) is 18.2 Å². The zero-order valence-corrected chi connectivity index (χ0v) is 20.4. The summed E-state index contributed by atoms with van der Waals surface area (Å²) in [5.74, 6) is 7.21. The summed E-state index contributed by atoms with van der Waals surface area (Å²) in [6.45, 7) is 15.7. The van der Waals surface area contributed by atoms with Crippen molar-refractivity contribution in [2.24, 2.45) is 0 Å². The average Bonchev–Trinajstić information content (AvgIpc) is 2.83. The molecular formula is C27H28ClN5O. The Morgan fingerprint density at radius 1 is 1.18 bits per heavy atom. The maximum atomic E-state index is 9.82. The smallest absolute Gasteiger partial charge is 0.188 e. The van der Waals surface area contributed by atoms with Gasteiger partial charge >= 0.3 is 0 Å². The van der Waals surface area contributed by atoms with Crippen molar-refractivity contribution in [2.45, 2.75) is 51.8 Å². The third-order valence-electron chi connectivity index (χ3n) is 6.33. The fourth-order valence-corrected chi connectivity index (χ4v) is 4.29. The lowest BCUT2D eigenvalue weighted by atomic mass is 9.97. The quantitative estimate of drug-likeness (QED) is 0.395. The summed E-state index contributed by atoms with van der Waals surface area (Å²) < 4.78 is 0. The maximum Gasteiger partial charge on any atom is 0.188 e. The number of aromatic nitrogens is 2. The van der Waals surface area contributed by atoms with Crippen LogP contribution in [0.15, 0.2) is 36.4 Å². The second-order valence-corrected chi connectivity index (χ2v) is 9.61. The van der Waals surface area contributed by atoms with E-state index in [2.05, 4.69) is 50.9 Å². The number of anilines is 1. The predicted octanol–water partition coefficient (Wildman–Crippen LogP) is 5.34. The molecule has 1 saturated heterocycles. The average molecular weight is 474 g/mol. The van der Waals surface area contributed by atoms with Gasteiger partial charge in [-0.05, 0) is 62.8 Å². The van der Waals surface area contributed by atoms with Crippen LogP contribution >= 0.6 is 11.6 Å². The molecule has 7 heteroatoms. The summed E-state index contributed by atoms with van der Waals surface area (Å²) in [5, 5.41) is 24.4. The number of hydrogen-bond acceptors (Lipinski definition) is 5. The number of nitrogens with zero attached hydrogens (tertiary/aromatic N) is 4. The molecule has 2 N–H and O–H groups in total. The van der Waals surface area contributed by atoms with Crippen molar-refractivity contribution in [3.8, 4) is 11.8 Å². The van der Waals surface area contributed by atoms with E-state index in [1.165, 1.54) is 0 Å². The fraction of sp³-hybridized carbons (Fsp3) is 0.370. The number of fused-ring (bicyclic) bond motifs is 1. The van der Waals surface area contributed by atoms with Crippen molar-refractivity contribution in [3.63, 3.8) is 0 Å². The molecule has 0 bridgehead atoms. The minimum atomic E-state index is -0.355. The van der Waals surface area contributed by atoms with Crippen LogP contribution in [0.2, 0.25) is 5.02 Å². The molecule has 0 atom stereocenters. The third kappa shape index (κ3) is 5.32. The van der Waals surface area contributed by atoms with Crippen molar-refractivity contribution >= 4 is 33.9 Å². The highest BCUT2D eigenvalue weighted by Crippen LogP contribution is 2.29. The van der Waals surface area contributed by atoms with Gasteiger partial charge in [0, 0.05) is 35.4 Å². The van der Waals surface area contributed by atoms with Crippen molar-refractivity contribution < 1.29 is 5.11 Å². The van der Waals surface area contributed by atoms with Crippen LogP contribution in [-0.4, -0.2) is 44.9 Å². The Labute approximate surface area is 205 Å². The fourth-order valence-electron chi connectivity index (χ4n) is 4.08. The molecule has 0 aliphatic carbocycles. The number of rotatable bonds is 4. The molecule has 2 aromatic carbocycles. The second-order valence-electron chi connectivity index (χ2n) is 9.20. The van der Waals surface area contributed by atoms with E-state index in [-0.39, 0.29) is 11.6 Å². The Morgan fingerprint density at radius 2 is 1.94 bits per heavy atom. The summed E-state index contributed by atoms with van der Waals surface area (Å²) in [4.78, 5) is 5.87. The normalized spacial score (nSPS) is 14.9. The van der Waals surface area contributed by atoms with Gasteiger partial charge in [0.1, 0.15) is 5.69 Å². The highest BCUT2D eigenvalue weighted by molar-refractivity contribution is 6.31. The van der Waals surface area contributed by atoms with Gasteiger partial charge in [-0.15, -0.1) is 10.2 Å². The molecule has 1 aliphatic rings. The first-order valence-corrected chi connectivity index (χ1v) is 11.8. The van der Waals surface area contributed by atoms with E-state index in [0.29, 0.717) is 23.7 Å². The molecule has 4 rings (SSSR count). The Hall–Kier alpha value is -3.16. The van der Waals surface area contributed by atoms with Gasteiger partial charge in [0.15, 0.2) is 11.5 Å². The second kappa shape index (κ2) is 9.99. The molecule has 0 spiro atoms. The summed E-state index contributed by atoms with van der Waals surface area (Å²) in [6, 6.07) is 11.4. The zero-order chi connectivity index (χ0) is 24.3. The maximum absolute atomic E-state index is 9.82. The Morgan fingerprint density at radius 3 is 2.65 bits per heavy atom. The van der Waals surface area contributed by atoms with Crippen molar-refractivity contribution in [1.29, 1.82) is 0 Å². The van der Waals surface area contributed by atoms with Gasteiger partial charge in [0.25, 0.3) is 0 Å².